The van der Waals surface area contributed by atoms with Crippen molar-refractivity contribution in [3.63, 3.8) is 0 Å². The van der Waals surface area contributed by atoms with Gasteiger partial charge in [0.1, 0.15) is 6.33 Å². The molecule has 4 rings (SSSR count). The molecule has 2 aliphatic rings. The van der Waals surface area contributed by atoms with E-state index in [1.807, 2.05) is 10.8 Å². The van der Waals surface area contributed by atoms with Crippen LogP contribution in [-0.4, -0.2) is 25.0 Å². The normalized spacial score (nSPS) is 22.2. The summed E-state index contributed by atoms with van der Waals surface area (Å²) >= 11 is 0. The molecule has 3 heterocycles. The molecule has 0 N–H and O–H groups in total. The van der Waals surface area contributed by atoms with Crippen molar-refractivity contribution in [1.82, 2.24) is 19.4 Å². The fraction of sp³-hybridized carbons (Fsp3) is 0.467. The van der Waals surface area contributed by atoms with Gasteiger partial charge in [-0.1, -0.05) is 24.1 Å². The highest BCUT2D eigenvalue weighted by Crippen LogP contribution is 2.44. The van der Waals surface area contributed by atoms with Crippen molar-refractivity contribution in [2.24, 2.45) is 0 Å². The van der Waals surface area contributed by atoms with E-state index in [-0.39, 0.29) is 5.54 Å². The van der Waals surface area contributed by atoms with Crippen molar-refractivity contribution in [2.45, 2.75) is 44.2 Å². The fourth-order valence-electron chi connectivity index (χ4n) is 3.88. The van der Waals surface area contributed by atoms with Crippen molar-refractivity contribution in [2.75, 3.05) is 0 Å². The molecular formula is C15H18N4-2. The minimum atomic E-state index is 0.256. The number of aromatic nitrogens is 3. The molecule has 2 aromatic heterocycles. The molecule has 0 atom stereocenters. The summed E-state index contributed by atoms with van der Waals surface area (Å²) in [6.07, 6.45) is 9.71. The first kappa shape index (κ1) is 11.3. The van der Waals surface area contributed by atoms with Gasteiger partial charge in [0, 0.05) is 5.52 Å². The average Bonchev–Trinajstić information content (AvgIpc) is 2.99. The standard InChI is InChI=1S/C15H18N4/c1-18-9-13-11(7-15(18)5-3-4-6-15)14-12(19(13)2)8-16-10-17-14/h8,10H,1-7,9H2/q-2. The summed E-state index contributed by atoms with van der Waals surface area (Å²) in [6.45, 7) is 0.870. The van der Waals surface area contributed by atoms with Crippen LogP contribution in [0.3, 0.4) is 0 Å². The Morgan fingerprint density at radius 3 is 2.79 bits per heavy atom. The highest BCUT2D eigenvalue weighted by Gasteiger charge is 2.37. The zero-order chi connectivity index (χ0) is 13.0. The van der Waals surface area contributed by atoms with Crippen LogP contribution in [0.25, 0.3) is 11.0 Å². The zero-order valence-corrected chi connectivity index (χ0v) is 11.1. The van der Waals surface area contributed by atoms with Crippen molar-refractivity contribution in [3.05, 3.63) is 37.9 Å². The Labute approximate surface area is 113 Å². The van der Waals surface area contributed by atoms with E-state index in [4.69, 9.17) is 0 Å². The van der Waals surface area contributed by atoms with Crippen LogP contribution in [0.4, 0.5) is 0 Å². The molecule has 0 saturated heterocycles. The topological polar surface area (TPSA) is 34.0 Å². The highest BCUT2D eigenvalue weighted by atomic mass is 15.2. The second kappa shape index (κ2) is 3.73. The molecule has 1 fully saturated rings. The van der Waals surface area contributed by atoms with Crippen molar-refractivity contribution in [3.8, 4) is 0 Å². The van der Waals surface area contributed by atoms with Crippen LogP contribution in [-0.2, 0) is 13.0 Å². The first-order chi connectivity index (χ1) is 9.21. The first-order valence-corrected chi connectivity index (χ1v) is 6.92. The lowest BCUT2D eigenvalue weighted by atomic mass is 9.84. The smallest absolute Gasteiger partial charge is 0.113 e. The van der Waals surface area contributed by atoms with E-state index in [9.17, 15) is 0 Å². The summed E-state index contributed by atoms with van der Waals surface area (Å²) in [4.78, 5) is 10.9. The molecular weight excluding hydrogens is 236 g/mol. The van der Waals surface area contributed by atoms with Gasteiger partial charge in [0.05, 0.1) is 0 Å². The summed E-state index contributed by atoms with van der Waals surface area (Å²) in [5, 5.41) is 0. The molecule has 4 heteroatoms. The predicted octanol–water partition coefficient (Wildman–Crippen LogP) is 2.53. The number of fused-ring (bicyclic) bond motifs is 3. The molecule has 4 nitrogen and oxygen atoms in total. The van der Waals surface area contributed by atoms with Crippen LogP contribution < -0.4 is 0 Å². The van der Waals surface area contributed by atoms with E-state index < -0.39 is 0 Å². The van der Waals surface area contributed by atoms with E-state index in [1.165, 1.54) is 36.9 Å². The third-order valence-electron chi connectivity index (χ3n) is 5.00. The number of rotatable bonds is 0. The van der Waals surface area contributed by atoms with Gasteiger partial charge in [-0.25, -0.2) is 4.98 Å². The molecule has 1 saturated carbocycles. The summed E-state index contributed by atoms with van der Waals surface area (Å²) in [6, 6.07) is 0. The summed E-state index contributed by atoms with van der Waals surface area (Å²) in [7, 11) is 8.45. The average molecular weight is 254 g/mol. The van der Waals surface area contributed by atoms with Crippen LogP contribution in [0.2, 0.25) is 0 Å². The molecule has 0 radical (unpaired) electrons. The van der Waals surface area contributed by atoms with Crippen molar-refractivity contribution < 1.29 is 0 Å². The number of nitrogens with zero attached hydrogens (tertiary/aromatic N) is 4. The second-order valence-corrected chi connectivity index (χ2v) is 5.92. The molecule has 1 spiro atoms. The maximum Gasteiger partial charge on any atom is 0.113 e. The Balaban J connectivity index is 1.92. The molecule has 2 aromatic rings. The molecule has 1 aliphatic heterocycles. The van der Waals surface area contributed by atoms with Gasteiger partial charge in [0.15, 0.2) is 0 Å². The van der Waals surface area contributed by atoms with Crippen LogP contribution >= 0.6 is 0 Å². The summed E-state index contributed by atoms with van der Waals surface area (Å²) in [5.74, 6) is 0. The monoisotopic (exact) mass is 254 g/mol. The highest BCUT2D eigenvalue weighted by molar-refractivity contribution is 5.81. The van der Waals surface area contributed by atoms with Crippen LogP contribution in [0.1, 0.15) is 36.9 Å². The van der Waals surface area contributed by atoms with Gasteiger partial charge in [-0.05, 0) is 43.1 Å². The Bertz CT molecular complexity index is 637. The first-order valence-electron chi connectivity index (χ1n) is 6.92. The summed E-state index contributed by atoms with van der Waals surface area (Å²) in [5.41, 5.74) is 5.00. The van der Waals surface area contributed by atoms with Crippen molar-refractivity contribution in [1.29, 1.82) is 0 Å². The Morgan fingerprint density at radius 2 is 2.00 bits per heavy atom. The SMILES string of the molecule is [CH2-]N1Cc2c(c3ncncc3n2[CH2-])CC12CCCC2. The lowest BCUT2D eigenvalue weighted by Gasteiger charge is -2.51. The van der Waals surface area contributed by atoms with Gasteiger partial charge in [-0.3, -0.25) is 12.0 Å². The number of hydrogen-bond donors (Lipinski definition) is 0. The van der Waals surface area contributed by atoms with Crippen LogP contribution in [0.5, 0.6) is 0 Å². The molecule has 0 unspecified atom stereocenters. The minimum absolute atomic E-state index is 0.256. The van der Waals surface area contributed by atoms with Crippen LogP contribution in [0, 0.1) is 14.1 Å². The molecule has 100 valence electrons. The third-order valence-corrected chi connectivity index (χ3v) is 5.00. The lowest BCUT2D eigenvalue weighted by Crippen LogP contribution is -2.47. The summed E-state index contributed by atoms with van der Waals surface area (Å²) < 4.78 is 1.99. The Morgan fingerprint density at radius 1 is 1.21 bits per heavy atom. The van der Waals surface area contributed by atoms with E-state index in [0.717, 1.165) is 24.0 Å². The Kier molecular flexibility index (Phi) is 2.22. The van der Waals surface area contributed by atoms with Gasteiger partial charge in [-0.2, -0.15) is 0 Å². The maximum absolute atomic E-state index is 4.48. The quantitative estimate of drug-likeness (QED) is 0.677. The van der Waals surface area contributed by atoms with Crippen molar-refractivity contribution >= 4 is 11.0 Å². The zero-order valence-electron chi connectivity index (χ0n) is 11.1. The predicted molar refractivity (Wildman–Crippen MR) is 74.1 cm³/mol. The Hall–Kier alpha value is -1.55. The van der Waals surface area contributed by atoms with Crippen LogP contribution in [0.15, 0.2) is 12.5 Å². The largest absolute Gasteiger partial charge is 0.481 e. The third kappa shape index (κ3) is 1.40. The molecule has 0 aromatic carbocycles. The maximum atomic E-state index is 4.48. The van der Waals surface area contributed by atoms with E-state index in [2.05, 4.69) is 29.0 Å². The molecule has 0 bridgehead atoms. The molecule has 0 amide bonds. The minimum Gasteiger partial charge on any atom is -0.481 e. The van der Waals surface area contributed by atoms with E-state index in [0.29, 0.717) is 0 Å². The molecule has 19 heavy (non-hydrogen) atoms. The second-order valence-electron chi connectivity index (χ2n) is 5.92. The van der Waals surface area contributed by atoms with Gasteiger partial charge < -0.3 is 9.47 Å². The van der Waals surface area contributed by atoms with E-state index in [1.54, 1.807) is 6.33 Å². The molecule has 1 aliphatic carbocycles. The van der Waals surface area contributed by atoms with Gasteiger partial charge in [-0.15, -0.1) is 7.05 Å². The fourth-order valence-corrected chi connectivity index (χ4v) is 3.88. The van der Waals surface area contributed by atoms with E-state index >= 15 is 0 Å². The number of hydrogen-bond acceptors (Lipinski definition) is 3. The van der Waals surface area contributed by atoms with Gasteiger partial charge >= 0.3 is 0 Å². The van der Waals surface area contributed by atoms with Gasteiger partial charge in [0.25, 0.3) is 0 Å². The lowest BCUT2D eigenvalue weighted by molar-refractivity contribution is 0.121. The van der Waals surface area contributed by atoms with Gasteiger partial charge in [0.2, 0.25) is 0 Å².